The Morgan fingerprint density at radius 2 is 2.21 bits per heavy atom. The molecule has 0 radical (unpaired) electrons. The van der Waals surface area contributed by atoms with Crippen LogP contribution in [0, 0.1) is 17.0 Å². The topological polar surface area (TPSA) is 43.1 Å². The summed E-state index contributed by atoms with van der Waals surface area (Å²) in [5.74, 6) is 0. The molecule has 3 nitrogen and oxygen atoms in total. The van der Waals surface area contributed by atoms with Crippen LogP contribution in [0.4, 0.5) is 5.69 Å². The van der Waals surface area contributed by atoms with E-state index in [4.69, 9.17) is 0 Å². The minimum atomic E-state index is -0.345. The van der Waals surface area contributed by atoms with E-state index < -0.39 is 0 Å². The first-order chi connectivity index (χ1) is 6.61. The van der Waals surface area contributed by atoms with Gasteiger partial charge in [0.25, 0.3) is 0 Å². The fourth-order valence-electron chi connectivity index (χ4n) is 1.39. The molecule has 0 aliphatic carbocycles. The van der Waals surface area contributed by atoms with Crippen molar-refractivity contribution in [2.24, 2.45) is 0 Å². The second kappa shape index (κ2) is 3.33. The molecule has 0 aliphatic rings. The second-order valence-corrected chi connectivity index (χ2v) is 5.27. The predicted octanol–water partition coefficient (Wildman–Crippen LogP) is 3.88. The van der Waals surface area contributed by atoms with E-state index >= 15 is 0 Å². The molecule has 14 heavy (non-hydrogen) atoms. The molecule has 72 valence electrons. The summed E-state index contributed by atoms with van der Waals surface area (Å²) in [7, 11) is 0. The number of hydrogen-bond donors (Lipinski definition) is 0. The molecule has 0 saturated carbocycles. The first-order valence-corrected chi connectivity index (χ1v) is 5.54. The van der Waals surface area contributed by atoms with Crippen molar-refractivity contribution in [2.45, 2.75) is 6.92 Å². The average molecular weight is 272 g/mol. The molecule has 0 spiro atoms. The molecular formula is C9H6BrNO2S. The zero-order valence-electron chi connectivity index (χ0n) is 7.28. The Kier molecular flexibility index (Phi) is 2.28. The number of hydrogen-bond acceptors (Lipinski definition) is 3. The lowest BCUT2D eigenvalue weighted by atomic mass is 10.2. The standard InChI is InChI=1S/C9H6BrNO2S/c1-5-3-2-4-6-7(11(12)13)9(10)14-8(5)6/h2-4H,1H3. The average Bonchev–Trinajstić information content (AvgIpc) is 2.42. The molecule has 5 heteroatoms. The number of aryl methyl sites for hydroxylation is 1. The molecule has 0 aliphatic heterocycles. The normalized spacial score (nSPS) is 10.7. The van der Waals surface area contributed by atoms with Crippen molar-refractivity contribution >= 4 is 43.0 Å². The van der Waals surface area contributed by atoms with Crippen LogP contribution in [-0.2, 0) is 0 Å². The summed E-state index contributed by atoms with van der Waals surface area (Å²) in [6.07, 6.45) is 0. The highest BCUT2D eigenvalue weighted by Crippen LogP contribution is 2.42. The zero-order chi connectivity index (χ0) is 10.3. The lowest BCUT2D eigenvalue weighted by Gasteiger charge is -1.92. The maximum atomic E-state index is 10.8. The minimum Gasteiger partial charge on any atom is -0.258 e. The Balaban J connectivity index is 2.90. The SMILES string of the molecule is Cc1cccc2c([N+](=O)[O-])c(Br)sc12. The monoisotopic (exact) mass is 271 g/mol. The first-order valence-electron chi connectivity index (χ1n) is 3.93. The van der Waals surface area contributed by atoms with Crippen molar-refractivity contribution in [1.29, 1.82) is 0 Å². The van der Waals surface area contributed by atoms with Gasteiger partial charge in [-0.3, -0.25) is 10.1 Å². The van der Waals surface area contributed by atoms with Gasteiger partial charge in [-0.15, -0.1) is 11.3 Å². The van der Waals surface area contributed by atoms with Gasteiger partial charge < -0.3 is 0 Å². The van der Waals surface area contributed by atoms with Gasteiger partial charge in [0.2, 0.25) is 0 Å². The number of nitrogens with zero attached hydrogens (tertiary/aromatic N) is 1. The molecule has 0 amide bonds. The van der Waals surface area contributed by atoms with Gasteiger partial charge in [0.1, 0.15) is 3.79 Å². The van der Waals surface area contributed by atoms with Crippen LogP contribution in [0.15, 0.2) is 22.0 Å². The van der Waals surface area contributed by atoms with Crippen LogP contribution < -0.4 is 0 Å². The van der Waals surface area contributed by atoms with Gasteiger partial charge in [0.15, 0.2) is 0 Å². The van der Waals surface area contributed by atoms with Crippen LogP contribution in [0.1, 0.15) is 5.56 Å². The highest BCUT2D eigenvalue weighted by atomic mass is 79.9. The molecule has 2 rings (SSSR count). The van der Waals surface area contributed by atoms with Crippen molar-refractivity contribution in [3.63, 3.8) is 0 Å². The quantitative estimate of drug-likeness (QED) is 0.584. The smallest absolute Gasteiger partial charge is 0.258 e. The highest BCUT2D eigenvalue weighted by Gasteiger charge is 2.20. The fourth-order valence-corrected chi connectivity index (χ4v) is 3.20. The molecule has 0 atom stereocenters. The lowest BCUT2D eigenvalue weighted by molar-refractivity contribution is -0.383. The summed E-state index contributed by atoms with van der Waals surface area (Å²) in [6, 6.07) is 5.57. The number of thiophene rings is 1. The number of nitro groups is 1. The van der Waals surface area contributed by atoms with E-state index in [1.54, 1.807) is 6.07 Å². The Bertz CT molecular complexity index is 521. The third kappa shape index (κ3) is 1.33. The summed E-state index contributed by atoms with van der Waals surface area (Å²) >= 11 is 4.63. The van der Waals surface area contributed by atoms with E-state index in [1.165, 1.54) is 11.3 Å². The van der Waals surface area contributed by atoms with Gasteiger partial charge >= 0.3 is 5.69 Å². The second-order valence-electron chi connectivity index (χ2n) is 2.93. The molecule has 2 aromatic rings. The van der Waals surface area contributed by atoms with E-state index in [9.17, 15) is 10.1 Å². The van der Waals surface area contributed by atoms with Crippen molar-refractivity contribution in [3.05, 3.63) is 37.7 Å². The largest absolute Gasteiger partial charge is 0.302 e. The Morgan fingerprint density at radius 1 is 1.50 bits per heavy atom. The van der Waals surface area contributed by atoms with E-state index in [2.05, 4.69) is 15.9 Å². The predicted molar refractivity (Wildman–Crippen MR) is 60.9 cm³/mol. The van der Waals surface area contributed by atoms with Gasteiger partial charge in [-0.1, -0.05) is 12.1 Å². The molecule has 1 aromatic heterocycles. The van der Waals surface area contributed by atoms with Crippen LogP contribution in [0.2, 0.25) is 0 Å². The van der Waals surface area contributed by atoms with Gasteiger partial charge in [0.05, 0.1) is 10.3 Å². The minimum absolute atomic E-state index is 0.175. The van der Waals surface area contributed by atoms with Crippen LogP contribution in [-0.4, -0.2) is 4.92 Å². The zero-order valence-corrected chi connectivity index (χ0v) is 9.68. The summed E-state index contributed by atoms with van der Waals surface area (Å²) in [5, 5.41) is 11.5. The molecule has 0 unspecified atom stereocenters. The van der Waals surface area contributed by atoms with Gasteiger partial charge in [-0.2, -0.15) is 0 Å². The molecule has 0 N–H and O–H groups in total. The van der Waals surface area contributed by atoms with Gasteiger partial charge in [-0.05, 0) is 34.5 Å². The maximum Gasteiger partial charge on any atom is 0.302 e. The Hall–Kier alpha value is -0.940. The third-order valence-corrected chi connectivity index (χ3v) is 4.01. The van der Waals surface area contributed by atoms with Gasteiger partial charge in [-0.25, -0.2) is 0 Å². The van der Waals surface area contributed by atoms with E-state index in [1.807, 2.05) is 19.1 Å². The summed E-state index contributed by atoms with van der Waals surface area (Å²) in [4.78, 5) is 10.4. The summed E-state index contributed by atoms with van der Waals surface area (Å²) in [5.41, 5.74) is 1.25. The van der Waals surface area contributed by atoms with Crippen LogP contribution in [0.25, 0.3) is 10.1 Å². The summed E-state index contributed by atoms with van der Waals surface area (Å²) in [6.45, 7) is 1.95. The van der Waals surface area contributed by atoms with E-state index in [0.717, 1.165) is 10.3 Å². The molecule has 1 heterocycles. The third-order valence-electron chi connectivity index (χ3n) is 2.03. The Labute approximate surface area is 92.6 Å². The maximum absolute atomic E-state index is 10.8. The van der Waals surface area contributed by atoms with Crippen molar-refractivity contribution in [2.75, 3.05) is 0 Å². The number of rotatable bonds is 1. The molecule has 0 bridgehead atoms. The number of fused-ring (bicyclic) bond motifs is 1. The van der Waals surface area contributed by atoms with Crippen molar-refractivity contribution in [3.8, 4) is 0 Å². The Morgan fingerprint density at radius 3 is 2.86 bits per heavy atom. The van der Waals surface area contributed by atoms with Crippen molar-refractivity contribution in [1.82, 2.24) is 0 Å². The van der Waals surface area contributed by atoms with Gasteiger partial charge in [0, 0.05) is 4.70 Å². The summed E-state index contributed by atoms with van der Waals surface area (Å²) < 4.78 is 1.57. The highest BCUT2D eigenvalue weighted by molar-refractivity contribution is 9.11. The molecule has 1 aromatic carbocycles. The fraction of sp³-hybridized carbons (Fsp3) is 0.111. The number of halogens is 1. The van der Waals surface area contributed by atoms with Crippen LogP contribution in [0.5, 0.6) is 0 Å². The number of benzene rings is 1. The van der Waals surface area contributed by atoms with E-state index in [0.29, 0.717) is 9.17 Å². The lowest BCUT2D eigenvalue weighted by Crippen LogP contribution is -1.86. The first kappa shape index (κ1) is 9.61. The molecular weight excluding hydrogens is 266 g/mol. The van der Waals surface area contributed by atoms with E-state index in [-0.39, 0.29) is 10.6 Å². The van der Waals surface area contributed by atoms with Crippen LogP contribution >= 0.6 is 27.3 Å². The molecule has 0 saturated heterocycles. The van der Waals surface area contributed by atoms with Crippen LogP contribution in [0.3, 0.4) is 0 Å². The molecule has 0 fully saturated rings. The van der Waals surface area contributed by atoms with Crippen molar-refractivity contribution < 1.29 is 4.92 Å².